The molecule has 0 saturated heterocycles. The predicted octanol–water partition coefficient (Wildman–Crippen LogP) is 3.31. The normalized spacial score (nSPS) is 12.6. The van der Waals surface area contributed by atoms with Crippen molar-refractivity contribution in [1.29, 1.82) is 0 Å². The topological polar surface area (TPSA) is 47.3 Å². The summed E-state index contributed by atoms with van der Waals surface area (Å²) in [4.78, 5) is 0. The first-order chi connectivity index (χ1) is 9.15. The molecule has 0 aliphatic heterocycles. The molecule has 19 heavy (non-hydrogen) atoms. The van der Waals surface area contributed by atoms with Crippen molar-refractivity contribution in [3.63, 3.8) is 0 Å². The molecule has 1 atom stereocenters. The van der Waals surface area contributed by atoms with Crippen LogP contribution in [0.2, 0.25) is 0 Å². The van der Waals surface area contributed by atoms with Crippen molar-refractivity contribution in [3.8, 4) is 5.75 Å². The molecule has 0 saturated carbocycles. The van der Waals surface area contributed by atoms with Crippen molar-refractivity contribution in [2.75, 3.05) is 0 Å². The Kier molecular flexibility index (Phi) is 4.58. The third-order valence-corrected chi connectivity index (χ3v) is 2.83. The van der Waals surface area contributed by atoms with Gasteiger partial charge in [0.25, 0.3) is 0 Å². The molecule has 0 amide bonds. The SMILES string of the molecule is CC(C)Oc1ccc(C(C)NCc2ccon2)cc1. The van der Waals surface area contributed by atoms with Crippen LogP contribution in [0.15, 0.2) is 41.1 Å². The molecule has 0 fully saturated rings. The van der Waals surface area contributed by atoms with Gasteiger partial charge in [0.1, 0.15) is 12.0 Å². The number of hydrogen-bond acceptors (Lipinski definition) is 4. The fourth-order valence-corrected chi connectivity index (χ4v) is 1.81. The number of nitrogens with one attached hydrogen (secondary N) is 1. The zero-order chi connectivity index (χ0) is 13.7. The molecule has 1 aromatic carbocycles. The lowest BCUT2D eigenvalue weighted by Gasteiger charge is -2.15. The molecule has 0 aliphatic carbocycles. The van der Waals surface area contributed by atoms with Crippen LogP contribution in [0.25, 0.3) is 0 Å². The third kappa shape index (κ3) is 4.10. The molecular weight excluding hydrogens is 240 g/mol. The van der Waals surface area contributed by atoms with E-state index in [1.54, 1.807) is 6.26 Å². The quantitative estimate of drug-likeness (QED) is 0.865. The smallest absolute Gasteiger partial charge is 0.124 e. The van der Waals surface area contributed by atoms with Gasteiger partial charge in [0.2, 0.25) is 0 Å². The van der Waals surface area contributed by atoms with Crippen molar-refractivity contribution in [2.24, 2.45) is 0 Å². The van der Waals surface area contributed by atoms with Crippen LogP contribution in [0.5, 0.6) is 5.75 Å². The molecular formula is C15H20N2O2. The highest BCUT2D eigenvalue weighted by Gasteiger charge is 2.06. The molecule has 0 bridgehead atoms. The summed E-state index contributed by atoms with van der Waals surface area (Å²) in [5.74, 6) is 0.905. The van der Waals surface area contributed by atoms with Crippen LogP contribution < -0.4 is 10.1 Å². The average Bonchev–Trinajstić information content (AvgIpc) is 2.89. The maximum atomic E-state index is 5.62. The maximum absolute atomic E-state index is 5.62. The van der Waals surface area contributed by atoms with Crippen LogP contribution in [0.1, 0.15) is 38.1 Å². The highest BCUT2D eigenvalue weighted by atomic mass is 16.5. The number of benzene rings is 1. The van der Waals surface area contributed by atoms with Gasteiger partial charge in [0.15, 0.2) is 0 Å². The minimum Gasteiger partial charge on any atom is -0.491 e. The Balaban J connectivity index is 1.90. The standard InChI is InChI=1S/C15H20N2O2/c1-11(2)19-15-6-4-13(5-7-15)12(3)16-10-14-8-9-18-17-14/h4-9,11-12,16H,10H2,1-3H3. The summed E-state index contributed by atoms with van der Waals surface area (Å²) in [7, 11) is 0. The lowest BCUT2D eigenvalue weighted by molar-refractivity contribution is 0.242. The molecule has 0 aliphatic rings. The van der Waals surface area contributed by atoms with Crippen LogP contribution >= 0.6 is 0 Å². The zero-order valence-electron chi connectivity index (χ0n) is 11.6. The summed E-state index contributed by atoms with van der Waals surface area (Å²) in [6, 6.07) is 10.3. The second-order valence-electron chi connectivity index (χ2n) is 4.83. The number of nitrogens with zero attached hydrogens (tertiary/aromatic N) is 1. The molecule has 0 spiro atoms. The number of ether oxygens (including phenoxy) is 1. The number of aromatic nitrogens is 1. The van der Waals surface area contributed by atoms with Crippen LogP contribution in [-0.2, 0) is 6.54 Å². The summed E-state index contributed by atoms with van der Waals surface area (Å²) in [6.45, 7) is 6.87. The van der Waals surface area contributed by atoms with Gasteiger partial charge >= 0.3 is 0 Å². The van der Waals surface area contributed by atoms with Gasteiger partial charge in [0.05, 0.1) is 11.8 Å². The van der Waals surface area contributed by atoms with Gasteiger partial charge < -0.3 is 14.6 Å². The monoisotopic (exact) mass is 260 g/mol. The average molecular weight is 260 g/mol. The molecule has 0 radical (unpaired) electrons. The third-order valence-electron chi connectivity index (χ3n) is 2.83. The van der Waals surface area contributed by atoms with Crippen molar-refractivity contribution in [1.82, 2.24) is 10.5 Å². The highest BCUT2D eigenvalue weighted by molar-refractivity contribution is 5.29. The van der Waals surface area contributed by atoms with E-state index >= 15 is 0 Å². The van der Waals surface area contributed by atoms with Gasteiger partial charge in [-0.2, -0.15) is 0 Å². The minimum absolute atomic E-state index is 0.202. The van der Waals surface area contributed by atoms with E-state index in [9.17, 15) is 0 Å². The van der Waals surface area contributed by atoms with E-state index in [-0.39, 0.29) is 12.1 Å². The number of hydrogen-bond donors (Lipinski definition) is 1. The van der Waals surface area contributed by atoms with Crippen molar-refractivity contribution >= 4 is 0 Å². The van der Waals surface area contributed by atoms with Crippen molar-refractivity contribution in [2.45, 2.75) is 39.5 Å². The van der Waals surface area contributed by atoms with E-state index < -0.39 is 0 Å². The summed E-state index contributed by atoms with van der Waals surface area (Å²) in [6.07, 6.45) is 1.79. The van der Waals surface area contributed by atoms with Crippen molar-refractivity contribution < 1.29 is 9.26 Å². The highest BCUT2D eigenvalue weighted by Crippen LogP contribution is 2.18. The van der Waals surface area contributed by atoms with Crippen molar-refractivity contribution in [3.05, 3.63) is 47.9 Å². The summed E-state index contributed by atoms with van der Waals surface area (Å²) >= 11 is 0. The van der Waals surface area contributed by atoms with E-state index in [4.69, 9.17) is 9.26 Å². The van der Waals surface area contributed by atoms with E-state index in [0.717, 1.165) is 11.4 Å². The molecule has 4 nitrogen and oxygen atoms in total. The molecule has 102 valence electrons. The Bertz CT molecular complexity index is 477. The van der Waals surface area contributed by atoms with E-state index in [0.29, 0.717) is 6.54 Å². The van der Waals surface area contributed by atoms with Gasteiger partial charge in [-0.05, 0) is 38.5 Å². The minimum atomic E-state index is 0.202. The molecule has 1 N–H and O–H groups in total. The first-order valence-electron chi connectivity index (χ1n) is 6.54. The van der Waals surface area contributed by atoms with Gasteiger partial charge in [-0.15, -0.1) is 0 Å². The van der Waals surface area contributed by atoms with E-state index in [1.807, 2.05) is 32.0 Å². The fraction of sp³-hybridized carbons (Fsp3) is 0.400. The Morgan fingerprint density at radius 2 is 1.89 bits per heavy atom. The van der Waals surface area contributed by atoms with Crippen LogP contribution in [0, 0.1) is 0 Å². The largest absolute Gasteiger partial charge is 0.491 e. The van der Waals surface area contributed by atoms with Gasteiger partial charge in [-0.1, -0.05) is 17.3 Å². The van der Waals surface area contributed by atoms with Crippen LogP contribution in [0.3, 0.4) is 0 Å². The molecule has 1 aromatic heterocycles. The zero-order valence-corrected chi connectivity index (χ0v) is 11.6. The van der Waals surface area contributed by atoms with E-state index in [2.05, 4.69) is 29.5 Å². The lowest BCUT2D eigenvalue weighted by atomic mass is 10.1. The molecule has 4 heteroatoms. The van der Waals surface area contributed by atoms with Crippen LogP contribution in [-0.4, -0.2) is 11.3 Å². The van der Waals surface area contributed by atoms with Crippen LogP contribution in [0.4, 0.5) is 0 Å². The summed E-state index contributed by atoms with van der Waals surface area (Å²) in [5, 5.41) is 7.27. The second kappa shape index (κ2) is 6.38. The Hall–Kier alpha value is -1.81. The second-order valence-corrected chi connectivity index (χ2v) is 4.83. The molecule has 2 aromatic rings. The fourth-order valence-electron chi connectivity index (χ4n) is 1.81. The number of rotatable bonds is 6. The maximum Gasteiger partial charge on any atom is 0.124 e. The lowest BCUT2D eigenvalue weighted by Crippen LogP contribution is -2.18. The van der Waals surface area contributed by atoms with Gasteiger partial charge in [-0.25, -0.2) is 0 Å². The Morgan fingerprint density at radius 1 is 1.16 bits per heavy atom. The molecule has 2 rings (SSSR count). The first-order valence-corrected chi connectivity index (χ1v) is 6.54. The first kappa shape index (κ1) is 13.6. The predicted molar refractivity (Wildman–Crippen MR) is 74.0 cm³/mol. The molecule has 1 heterocycles. The van der Waals surface area contributed by atoms with E-state index in [1.165, 1.54) is 5.56 Å². The Morgan fingerprint density at radius 3 is 2.47 bits per heavy atom. The van der Waals surface area contributed by atoms with Gasteiger partial charge in [-0.3, -0.25) is 0 Å². The molecule has 1 unspecified atom stereocenters. The summed E-state index contributed by atoms with van der Waals surface area (Å²) < 4.78 is 10.4. The summed E-state index contributed by atoms with van der Waals surface area (Å²) in [5.41, 5.74) is 2.13. The van der Waals surface area contributed by atoms with Gasteiger partial charge in [0, 0.05) is 18.7 Å². The Labute approximate surface area is 113 Å².